The Morgan fingerprint density at radius 2 is 2.32 bits per heavy atom. The molecular weight excluding hydrogens is 258 g/mol. The van der Waals surface area contributed by atoms with Gasteiger partial charge in [-0.3, -0.25) is 0 Å². The third-order valence-electron chi connectivity index (χ3n) is 2.84. The molecule has 2 aromatic rings. The average Bonchev–Trinajstić information content (AvgIpc) is 2.94. The number of benzene rings is 1. The van der Waals surface area contributed by atoms with Gasteiger partial charge in [0.05, 0.1) is 23.0 Å². The molecule has 1 heterocycles. The van der Waals surface area contributed by atoms with Gasteiger partial charge in [0, 0.05) is 24.0 Å². The molecule has 1 aromatic heterocycles. The normalized spacial score (nSPS) is 12.1. The second kappa shape index (κ2) is 6.43. The summed E-state index contributed by atoms with van der Waals surface area (Å²) in [6.07, 6.45) is 1.83. The number of nitrogens with one attached hydrogen (secondary N) is 1. The molecule has 3 N–H and O–H groups in total. The number of aromatic nitrogens is 1. The van der Waals surface area contributed by atoms with Crippen LogP contribution in [0.2, 0.25) is 0 Å². The Balaban J connectivity index is 2.01. The van der Waals surface area contributed by atoms with Crippen molar-refractivity contribution in [1.29, 1.82) is 0 Å². The molecule has 0 spiro atoms. The van der Waals surface area contributed by atoms with Gasteiger partial charge in [0.25, 0.3) is 0 Å². The first kappa shape index (κ1) is 13.7. The lowest BCUT2D eigenvalue weighted by Crippen LogP contribution is -2.11. The number of para-hydroxylation sites is 1. The number of nitrogens with two attached hydrogens (primary N) is 1. The molecule has 1 aromatic carbocycles. The van der Waals surface area contributed by atoms with Crippen molar-refractivity contribution < 1.29 is 4.74 Å². The number of hydrogen-bond donors (Lipinski definition) is 2. The fraction of sp³-hybridized carbons (Fsp3) is 0.357. The van der Waals surface area contributed by atoms with E-state index in [1.54, 1.807) is 11.3 Å². The summed E-state index contributed by atoms with van der Waals surface area (Å²) in [5.41, 5.74) is 7.65. The van der Waals surface area contributed by atoms with Crippen molar-refractivity contribution in [2.75, 3.05) is 24.2 Å². The van der Waals surface area contributed by atoms with Gasteiger partial charge in [-0.1, -0.05) is 13.0 Å². The van der Waals surface area contributed by atoms with Crippen LogP contribution in [0.15, 0.2) is 29.8 Å². The van der Waals surface area contributed by atoms with Crippen molar-refractivity contribution in [3.05, 3.63) is 34.8 Å². The van der Waals surface area contributed by atoms with Gasteiger partial charge < -0.3 is 15.8 Å². The molecule has 102 valence electrons. The molecule has 2 rings (SSSR count). The van der Waals surface area contributed by atoms with E-state index in [1.807, 2.05) is 36.7 Å². The molecule has 1 atom stereocenters. The van der Waals surface area contributed by atoms with E-state index < -0.39 is 0 Å². The van der Waals surface area contributed by atoms with E-state index >= 15 is 0 Å². The summed E-state index contributed by atoms with van der Waals surface area (Å²) in [5, 5.41) is 6.49. The standard InChI is InChI=1S/C14H19N3OS/c1-3-18-12-6-4-5-11(13(12)15)17-9-10(2)14-16-7-8-19-14/h4-8,10,17H,3,9,15H2,1-2H3. The Hall–Kier alpha value is -1.75. The van der Waals surface area contributed by atoms with Gasteiger partial charge in [-0.15, -0.1) is 11.3 Å². The first-order valence-electron chi connectivity index (χ1n) is 6.37. The fourth-order valence-electron chi connectivity index (χ4n) is 1.81. The summed E-state index contributed by atoms with van der Waals surface area (Å²) >= 11 is 1.67. The lowest BCUT2D eigenvalue weighted by Gasteiger charge is -2.15. The van der Waals surface area contributed by atoms with Crippen LogP contribution in [-0.2, 0) is 0 Å². The van der Waals surface area contributed by atoms with Gasteiger partial charge in [0.1, 0.15) is 5.75 Å². The summed E-state index contributed by atoms with van der Waals surface area (Å²) in [7, 11) is 0. The lowest BCUT2D eigenvalue weighted by molar-refractivity contribution is 0.342. The molecule has 0 aliphatic carbocycles. The maximum Gasteiger partial charge on any atom is 0.144 e. The van der Waals surface area contributed by atoms with Crippen LogP contribution in [0.4, 0.5) is 11.4 Å². The molecule has 0 saturated heterocycles. The topological polar surface area (TPSA) is 60.2 Å². The number of thiazole rings is 1. The zero-order valence-corrected chi connectivity index (χ0v) is 12.0. The van der Waals surface area contributed by atoms with Gasteiger partial charge >= 0.3 is 0 Å². The van der Waals surface area contributed by atoms with E-state index in [4.69, 9.17) is 10.5 Å². The molecule has 0 fully saturated rings. The minimum absolute atomic E-state index is 0.357. The van der Waals surface area contributed by atoms with Gasteiger partial charge in [0.2, 0.25) is 0 Å². The third kappa shape index (κ3) is 3.38. The Morgan fingerprint density at radius 3 is 3.00 bits per heavy atom. The number of nitrogens with zero attached hydrogens (tertiary/aromatic N) is 1. The smallest absolute Gasteiger partial charge is 0.144 e. The van der Waals surface area contributed by atoms with Crippen LogP contribution in [0.1, 0.15) is 24.8 Å². The molecule has 5 heteroatoms. The summed E-state index contributed by atoms with van der Waals surface area (Å²) in [5.74, 6) is 1.09. The molecule has 4 nitrogen and oxygen atoms in total. The highest BCUT2D eigenvalue weighted by Gasteiger charge is 2.10. The van der Waals surface area contributed by atoms with Crippen LogP contribution >= 0.6 is 11.3 Å². The highest BCUT2D eigenvalue weighted by Crippen LogP contribution is 2.30. The quantitative estimate of drug-likeness (QED) is 0.795. The summed E-state index contributed by atoms with van der Waals surface area (Å²) < 4.78 is 5.48. The first-order chi connectivity index (χ1) is 9.22. The Bertz CT molecular complexity index is 513. The minimum Gasteiger partial charge on any atom is -0.492 e. The van der Waals surface area contributed by atoms with Gasteiger partial charge in [-0.2, -0.15) is 0 Å². The highest BCUT2D eigenvalue weighted by molar-refractivity contribution is 7.09. The molecule has 0 bridgehead atoms. The summed E-state index contributed by atoms with van der Waals surface area (Å²) in [6.45, 7) is 5.51. The zero-order valence-electron chi connectivity index (χ0n) is 11.2. The maximum absolute atomic E-state index is 6.07. The SMILES string of the molecule is CCOc1cccc(NCC(C)c2nccs2)c1N. The van der Waals surface area contributed by atoms with Crippen LogP contribution in [0.3, 0.4) is 0 Å². The van der Waals surface area contributed by atoms with Crippen molar-refractivity contribution in [3.63, 3.8) is 0 Å². The lowest BCUT2D eigenvalue weighted by atomic mass is 10.2. The Labute approximate surface area is 117 Å². The summed E-state index contributed by atoms with van der Waals surface area (Å²) in [4.78, 5) is 4.32. The van der Waals surface area contributed by atoms with Crippen LogP contribution in [0, 0.1) is 0 Å². The monoisotopic (exact) mass is 277 g/mol. The summed E-state index contributed by atoms with van der Waals surface area (Å²) in [6, 6.07) is 5.79. The van der Waals surface area contributed by atoms with E-state index in [1.165, 1.54) is 0 Å². The number of nitrogen functional groups attached to an aromatic ring is 1. The second-order valence-corrected chi connectivity index (χ2v) is 5.23. The molecule has 19 heavy (non-hydrogen) atoms. The van der Waals surface area contributed by atoms with Crippen LogP contribution in [0.5, 0.6) is 5.75 Å². The van der Waals surface area contributed by atoms with E-state index in [2.05, 4.69) is 17.2 Å². The molecule has 0 amide bonds. The zero-order chi connectivity index (χ0) is 13.7. The third-order valence-corrected chi connectivity index (χ3v) is 3.84. The van der Waals surface area contributed by atoms with E-state index in [9.17, 15) is 0 Å². The van der Waals surface area contributed by atoms with Crippen molar-refractivity contribution in [1.82, 2.24) is 4.98 Å². The number of rotatable bonds is 6. The molecular formula is C14H19N3OS. The molecule has 0 aliphatic heterocycles. The maximum atomic E-state index is 6.07. The number of anilines is 2. The van der Waals surface area contributed by atoms with Crippen molar-refractivity contribution in [2.45, 2.75) is 19.8 Å². The predicted molar refractivity (Wildman–Crippen MR) is 81.0 cm³/mol. The van der Waals surface area contributed by atoms with Crippen LogP contribution < -0.4 is 15.8 Å². The fourth-order valence-corrected chi connectivity index (χ4v) is 2.51. The second-order valence-electron chi connectivity index (χ2n) is 4.30. The Morgan fingerprint density at radius 1 is 1.47 bits per heavy atom. The highest BCUT2D eigenvalue weighted by atomic mass is 32.1. The molecule has 0 aliphatic rings. The molecule has 1 unspecified atom stereocenters. The van der Waals surface area contributed by atoms with Crippen molar-refractivity contribution in [3.8, 4) is 5.75 Å². The van der Waals surface area contributed by atoms with E-state index in [0.717, 1.165) is 23.0 Å². The average molecular weight is 277 g/mol. The largest absolute Gasteiger partial charge is 0.492 e. The number of ether oxygens (including phenoxy) is 1. The van der Waals surface area contributed by atoms with Gasteiger partial charge in [-0.05, 0) is 19.1 Å². The number of hydrogen-bond acceptors (Lipinski definition) is 5. The van der Waals surface area contributed by atoms with Crippen molar-refractivity contribution in [2.24, 2.45) is 0 Å². The predicted octanol–water partition coefficient (Wildman–Crippen LogP) is 3.34. The molecule has 0 saturated carbocycles. The first-order valence-corrected chi connectivity index (χ1v) is 7.25. The van der Waals surface area contributed by atoms with Crippen LogP contribution in [0.25, 0.3) is 0 Å². The van der Waals surface area contributed by atoms with Crippen molar-refractivity contribution >= 4 is 22.7 Å². The molecule has 0 radical (unpaired) electrons. The van der Waals surface area contributed by atoms with E-state index in [-0.39, 0.29) is 0 Å². The van der Waals surface area contributed by atoms with Crippen LogP contribution in [-0.4, -0.2) is 18.1 Å². The Kier molecular flexibility index (Phi) is 4.63. The minimum atomic E-state index is 0.357. The van der Waals surface area contributed by atoms with Gasteiger partial charge in [-0.25, -0.2) is 4.98 Å². The van der Waals surface area contributed by atoms with Gasteiger partial charge in [0.15, 0.2) is 0 Å². The van der Waals surface area contributed by atoms with E-state index in [0.29, 0.717) is 18.2 Å².